The minimum atomic E-state index is -1.48. The van der Waals surface area contributed by atoms with Gasteiger partial charge in [-0.25, -0.2) is 17.6 Å². The molecule has 1 N–H and O–H groups in total. The summed E-state index contributed by atoms with van der Waals surface area (Å²) in [6.45, 7) is -0.527. The van der Waals surface area contributed by atoms with E-state index in [1.165, 1.54) is 12.3 Å². The third kappa shape index (κ3) is 3.90. The largest absolute Gasteiger partial charge is 0.309 e. The Kier molecular flexibility index (Phi) is 5.01. The highest BCUT2D eigenvalue weighted by molar-refractivity contribution is 5.91. The van der Waals surface area contributed by atoms with Crippen LogP contribution in [0.3, 0.4) is 0 Å². The summed E-state index contributed by atoms with van der Waals surface area (Å²) in [6, 6.07) is 10.6. The van der Waals surface area contributed by atoms with Crippen LogP contribution in [0.5, 0.6) is 0 Å². The maximum Gasteiger partial charge on any atom is 0.229 e. The average molecular weight is 363 g/mol. The van der Waals surface area contributed by atoms with E-state index in [9.17, 15) is 22.4 Å². The molecule has 1 heterocycles. The van der Waals surface area contributed by atoms with Crippen LogP contribution in [-0.2, 0) is 17.8 Å². The molecule has 4 nitrogen and oxygen atoms in total. The topological polar surface area (TPSA) is 46.9 Å². The molecule has 26 heavy (non-hydrogen) atoms. The molecule has 0 aliphatic carbocycles. The number of carbonyl (C=O) groups excluding carboxylic acids is 1. The van der Waals surface area contributed by atoms with Crippen molar-refractivity contribution >= 4 is 11.7 Å². The van der Waals surface area contributed by atoms with Crippen molar-refractivity contribution < 1.29 is 22.4 Å². The van der Waals surface area contributed by atoms with E-state index >= 15 is 0 Å². The van der Waals surface area contributed by atoms with E-state index in [0.717, 1.165) is 10.2 Å². The van der Waals surface area contributed by atoms with Crippen molar-refractivity contribution in [3.05, 3.63) is 83.1 Å². The summed E-state index contributed by atoms with van der Waals surface area (Å²) in [6.07, 6.45) is 1.46. The molecule has 0 saturated carbocycles. The monoisotopic (exact) mass is 363 g/mol. The number of nitrogens with zero attached hydrogens (tertiary/aromatic N) is 2. The van der Waals surface area contributed by atoms with Crippen molar-refractivity contribution in [3.63, 3.8) is 0 Å². The van der Waals surface area contributed by atoms with E-state index in [2.05, 4.69) is 10.4 Å². The highest BCUT2D eigenvalue weighted by Gasteiger charge is 2.19. The van der Waals surface area contributed by atoms with Gasteiger partial charge in [0.05, 0.1) is 18.5 Å². The molecule has 0 bridgehead atoms. The third-order valence-corrected chi connectivity index (χ3v) is 3.64. The lowest BCUT2D eigenvalue weighted by molar-refractivity contribution is -0.115. The van der Waals surface area contributed by atoms with Gasteiger partial charge in [-0.1, -0.05) is 30.3 Å². The maximum absolute atomic E-state index is 13.7. The SMILES string of the molecule is O=C(Cc1ccccc1)Nc1ccn(Cc2c(F)c(F)cc(F)c2F)n1. The van der Waals surface area contributed by atoms with Gasteiger partial charge < -0.3 is 5.32 Å². The second-order valence-corrected chi connectivity index (χ2v) is 5.56. The molecular formula is C18H13F4N3O. The molecule has 134 valence electrons. The van der Waals surface area contributed by atoms with E-state index < -0.39 is 35.4 Å². The molecule has 0 radical (unpaired) electrons. The molecule has 8 heteroatoms. The average Bonchev–Trinajstić information content (AvgIpc) is 3.04. The molecule has 0 fully saturated rings. The normalized spacial score (nSPS) is 10.8. The van der Waals surface area contributed by atoms with Crippen LogP contribution in [0, 0.1) is 23.3 Å². The highest BCUT2D eigenvalue weighted by atomic mass is 19.2. The number of benzene rings is 2. The van der Waals surface area contributed by atoms with Gasteiger partial charge in [-0.15, -0.1) is 0 Å². The van der Waals surface area contributed by atoms with Gasteiger partial charge in [-0.05, 0) is 5.56 Å². The lowest BCUT2D eigenvalue weighted by atomic mass is 10.1. The Morgan fingerprint density at radius 1 is 1.00 bits per heavy atom. The van der Waals surface area contributed by atoms with E-state index in [1.54, 1.807) is 24.3 Å². The quantitative estimate of drug-likeness (QED) is 0.555. The van der Waals surface area contributed by atoms with E-state index in [-0.39, 0.29) is 24.2 Å². The molecule has 1 amide bonds. The predicted octanol–water partition coefficient (Wildman–Crippen LogP) is 3.67. The number of hydrogen-bond acceptors (Lipinski definition) is 2. The maximum atomic E-state index is 13.7. The molecule has 0 aliphatic heterocycles. The van der Waals surface area contributed by atoms with Crippen molar-refractivity contribution in [1.82, 2.24) is 9.78 Å². The summed E-state index contributed by atoms with van der Waals surface area (Å²) in [5.74, 6) is -6.09. The van der Waals surface area contributed by atoms with Crippen LogP contribution in [0.15, 0.2) is 48.7 Å². The standard InChI is InChI=1S/C18H13F4N3O/c19-13-9-14(20)18(22)12(17(13)21)10-25-7-6-15(24-25)23-16(26)8-11-4-2-1-3-5-11/h1-7,9H,8,10H2,(H,23,24,26). The molecular weight excluding hydrogens is 350 g/mol. The first-order valence-electron chi connectivity index (χ1n) is 7.63. The van der Waals surface area contributed by atoms with E-state index in [0.29, 0.717) is 0 Å². The van der Waals surface area contributed by atoms with E-state index in [1.807, 2.05) is 6.07 Å². The van der Waals surface area contributed by atoms with Crippen LogP contribution in [-0.4, -0.2) is 15.7 Å². The first-order valence-corrected chi connectivity index (χ1v) is 7.63. The summed E-state index contributed by atoms with van der Waals surface area (Å²) in [5.41, 5.74) is 0.0246. The first kappa shape index (κ1) is 17.7. The van der Waals surface area contributed by atoms with Crippen LogP contribution in [0.2, 0.25) is 0 Å². The second kappa shape index (κ2) is 7.38. The minimum absolute atomic E-state index is 0.131. The predicted molar refractivity (Wildman–Crippen MR) is 86.4 cm³/mol. The number of halogens is 4. The Balaban J connectivity index is 1.70. The molecule has 0 unspecified atom stereocenters. The fourth-order valence-electron chi connectivity index (χ4n) is 2.41. The lowest BCUT2D eigenvalue weighted by Gasteiger charge is -2.07. The van der Waals surface area contributed by atoms with Gasteiger partial charge in [0.2, 0.25) is 5.91 Å². The molecule has 0 atom stereocenters. The third-order valence-electron chi connectivity index (χ3n) is 3.64. The van der Waals surface area contributed by atoms with Crippen molar-refractivity contribution in [2.24, 2.45) is 0 Å². The van der Waals surface area contributed by atoms with Gasteiger partial charge in [-0.2, -0.15) is 5.10 Å². The number of aromatic nitrogens is 2. The minimum Gasteiger partial charge on any atom is -0.309 e. The van der Waals surface area contributed by atoms with Crippen LogP contribution in [0.4, 0.5) is 23.4 Å². The Labute approximate surface area is 146 Å². The van der Waals surface area contributed by atoms with Gasteiger partial charge >= 0.3 is 0 Å². The Morgan fingerprint density at radius 3 is 2.31 bits per heavy atom. The fraction of sp³-hybridized carbons (Fsp3) is 0.111. The zero-order valence-corrected chi connectivity index (χ0v) is 13.3. The van der Waals surface area contributed by atoms with Crippen LogP contribution < -0.4 is 5.32 Å². The lowest BCUT2D eigenvalue weighted by Crippen LogP contribution is -2.15. The number of rotatable bonds is 5. The second-order valence-electron chi connectivity index (χ2n) is 5.56. The highest BCUT2D eigenvalue weighted by Crippen LogP contribution is 2.20. The van der Waals surface area contributed by atoms with Crippen LogP contribution in [0.25, 0.3) is 0 Å². The zero-order valence-electron chi connectivity index (χ0n) is 13.3. The number of anilines is 1. The molecule has 0 saturated heterocycles. The first-order chi connectivity index (χ1) is 12.4. The molecule has 1 aromatic heterocycles. The van der Waals surface area contributed by atoms with Crippen LogP contribution in [0.1, 0.15) is 11.1 Å². The smallest absolute Gasteiger partial charge is 0.229 e. The number of hydrogen-bond donors (Lipinski definition) is 1. The molecule has 0 aliphatic rings. The Bertz CT molecular complexity index is 915. The van der Waals surface area contributed by atoms with Gasteiger partial charge in [0.15, 0.2) is 29.1 Å². The van der Waals surface area contributed by atoms with Gasteiger partial charge in [0.25, 0.3) is 0 Å². The van der Waals surface area contributed by atoms with Crippen LogP contribution >= 0.6 is 0 Å². The Morgan fingerprint density at radius 2 is 1.65 bits per heavy atom. The van der Waals surface area contributed by atoms with Gasteiger partial charge in [-0.3, -0.25) is 9.48 Å². The summed E-state index contributed by atoms with van der Waals surface area (Å²) >= 11 is 0. The number of nitrogens with one attached hydrogen (secondary N) is 1. The zero-order chi connectivity index (χ0) is 18.7. The number of amides is 1. The molecule has 0 spiro atoms. The van der Waals surface area contributed by atoms with Gasteiger partial charge in [0.1, 0.15) is 0 Å². The molecule has 3 aromatic rings. The van der Waals surface area contributed by atoms with Crippen molar-refractivity contribution in [2.75, 3.05) is 5.32 Å². The Hall–Kier alpha value is -3.16. The summed E-state index contributed by atoms with van der Waals surface area (Å²) in [4.78, 5) is 12.0. The van der Waals surface area contributed by atoms with Gasteiger partial charge in [0, 0.05) is 18.3 Å². The summed E-state index contributed by atoms with van der Waals surface area (Å²) < 4.78 is 54.9. The van der Waals surface area contributed by atoms with Crippen molar-refractivity contribution in [1.29, 1.82) is 0 Å². The van der Waals surface area contributed by atoms with Crippen molar-refractivity contribution in [2.45, 2.75) is 13.0 Å². The van der Waals surface area contributed by atoms with E-state index in [4.69, 9.17) is 0 Å². The molecule has 2 aromatic carbocycles. The molecule has 3 rings (SSSR count). The number of carbonyl (C=O) groups is 1. The summed E-state index contributed by atoms with van der Waals surface area (Å²) in [7, 11) is 0. The summed E-state index contributed by atoms with van der Waals surface area (Å²) in [5, 5.41) is 6.48. The fourth-order valence-corrected chi connectivity index (χ4v) is 2.41. The van der Waals surface area contributed by atoms with Crippen molar-refractivity contribution in [3.8, 4) is 0 Å².